The van der Waals surface area contributed by atoms with Crippen molar-refractivity contribution in [3.05, 3.63) is 21.4 Å². The summed E-state index contributed by atoms with van der Waals surface area (Å²) in [4.78, 5) is 14.3. The Hall–Kier alpha value is -0.870. The minimum atomic E-state index is -0.0895. The van der Waals surface area contributed by atoms with Crippen LogP contribution in [-0.4, -0.2) is 24.2 Å². The first-order valence-electron chi connectivity index (χ1n) is 7.58. The number of thiophene rings is 1. The van der Waals surface area contributed by atoms with Crippen molar-refractivity contribution < 1.29 is 9.90 Å². The van der Waals surface area contributed by atoms with E-state index >= 15 is 0 Å². The summed E-state index contributed by atoms with van der Waals surface area (Å²) in [5, 5.41) is 12.7. The summed E-state index contributed by atoms with van der Waals surface area (Å²) in [6, 6.07) is 1.98. The predicted molar refractivity (Wildman–Crippen MR) is 83.4 cm³/mol. The Morgan fingerprint density at radius 2 is 2.10 bits per heavy atom. The van der Waals surface area contributed by atoms with Crippen LogP contribution in [-0.2, 0) is 6.42 Å². The van der Waals surface area contributed by atoms with Crippen LogP contribution in [0.3, 0.4) is 0 Å². The molecule has 0 saturated heterocycles. The van der Waals surface area contributed by atoms with Gasteiger partial charge in [0.15, 0.2) is 0 Å². The molecule has 20 heavy (non-hydrogen) atoms. The molecule has 1 heterocycles. The molecule has 0 aromatic carbocycles. The maximum Gasteiger partial charge on any atom is 0.261 e. The molecule has 0 radical (unpaired) electrons. The summed E-state index contributed by atoms with van der Waals surface area (Å²) in [5.74, 6) is 0.0104. The van der Waals surface area contributed by atoms with Gasteiger partial charge in [-0.3, -0.25) is 4.79 Å². The van der Waals surface area contributed by atoms with Gasteiger partial charge in [0.25, 0.3) is 5.91 Å². The number of aryl methyl sites for hydroxylation is 2. The van der Waals surface area contributed by atoms with E-state index in [0.717, 1.165) is 37.0 Å². The first kappa shape index (κ1) is 15.5. The van der Waals surface area contributed by atoms with Gasteiger partial charge >= 0.3 is 0 Å². The van der Waals surface area contributed by atoms with E-state index in [1.165, 1.54) is 16.9 Å². The third-order valence-electron chi connectivity index (χ3n) is 4.44. The van der Waals surface area contributed by atoms with Crippen LogP contribution in [0.5, 0.6) is 0 Å². The highest BCUT2D eigenvalue weighted by Crippen LogP contribution is 2.35. The monoisotopic (exact) mass is 295 g/mol. The van der Waals surface area contributed by atoms with Crippen molar-refractivity contribution in [3.63, 3.8) is 0 Å². The fourth-order valence-corrected chi connectivity index (χ4v) is 4.06. The summed E-state index contributed by atoms with van der Waals surface area (Å²) in [7, 11) is 0. The van der Waals surface area contributed by atoms with Crippen molar-refractivity contribution >= 4 is 17.2 Å². The zero-order valence-corrected chi connectivity index (χ0v) is 13.3. The van der Waals surface area contributed by atoms with Gasteiger partial charge < -0.3 is 10.4 Å². The summed E-state index contributed by atoms with van der Waals surface area (Å²) in [6.07, 6.45) is 6.59. The lowest BCUT2D eigenvalue weighted by Crippen LogP contribution is -2.41. The average molecular weight is 295 g/mol. The van der Waals surface area contributed by atoms with Crippen molar-refractivity contribution in [2.75, 3.05) is 13.2 Å². The Balaban J connectivity index is 1.96. The molecule has 1 aromatic rings. The molecule has 0 unspecified atom stereocenters. The van der Waals surface area contributed by atoms with E-state index in [0.29, 0.717) is 6.54 Å². The highest BCUT2D eigenvalue weighted by Gasteiger charge is 2.31. The molecule has 1 aliphatic rings. The number of aliphatic hydroxyl groups excluding tert-OH is 1. The third kappa shape index (κ3) is 3.41. The van der Waals surface area contributed by atoms with E-state index in [2.05, 4.69) is 19.2 Å². The number of hydrogen-bond acceptors (Lipinski definition) is 3. The van der Waals surface area contributed by atoms with Crippen LogP contribution in [0.2, 0.25) is 0 Å². The molecule has 1 aliphatic carbocycles. The van der Waals surface area contributed by atoms with Crippen LogP contribution >= 0.6 is 11.3 Å². The molecule has 1 fully saturated rings. The van der Waals surface area contributed by atoms with E-state index in [9.17, 15) is 9.90 Å². The Labute approximate surface area is 125 Å². The van der Waals surface area contributed by atoms with Gasteiger partial charge in [-0.2, -0.15) is 0 Å². The molecule has 3 nitrogen and oxygen atoms in total. The highest BCUT2D eigenvalue weighted by atomic mass is 32.1. The standard InChI is InChI=1S/C16H25NO2S/c1-3-13-12(2)9-14(20-13)15(19)17-10-16(11-18)7-5-4-6-8-16/h9,18H,3-8,10-11H2,1-2H3,(H,17,19). The Morgan fingerprint density at radius 3 is 2.65 bits per heavy atom. The van der Waals surface area contributed by atoms with Crippen LogP contribution in [0, 0.1) is 12.3 Å². The van der Waals surface area contributed by atoms with Crippen molar-refractivity contribution in [1.29, 1.82) is 0 Å². The molecule has 0 bridgehead atoms. The normalized spacial score (nSPS) is 17.9. The number of carbonyl (C=O) groups is 1. The number of aliphatic hydroxyl groups is 1. The van der Waals surface area contributed by atoms with Gasteiger partial charge in [0.2, 0.25) is 0 Å². The Kier molecular flexibility index (Phi) is 5.22. The second-order valence-corrected chi connectivity index (χ2v) is 7.11. The smallest absolute Gasteiger partial charge is 0.261 e. The fourth-order valence-electron chi connectivity index (χ4n) is 3.03. The Bertz CT molecular complexity index is 461. The second-order valence-electron chi connectivity index (χ2n) is 5.97. The summed E-state index contributed by atoms with van der Waals surface area (Å²) < 4.78 is 0. The quantitative estimate of drug-likeness (QED) is 0.875. The van der Waals surface area contributed by atoms with Gasteiger partial charge in [-0.05, 0) is 37.8 Å². The molecule has 112 valence electrons. The van der Waals surface area contributed by atoms with Crippen molar-refractivity contribution in [1.82, 2.24) is 5.32 Å². The fraction of sp³-hybridized carbons (Fsp3) is 0.688. The molecule has 2 rings (SSSR count). The molecular weight excluding hydrogens is 270 g/mol. The lowest BCUT2D eigenvalue weighted by Gasteiger charge is -2.35. The van der Waals surface area contributed by atoms with Gasteiger partial charge in [0.1, 0.15) is 0 Å². The summed E-state index contributed by atoms with van der Waals surface area (Å²) in [5.41, 5.74) is 1.12. The number of carbonyl (C=O) groups excluding carboxylic acids is 1. The van der Waals surface area contributed by atoms with Crippen LogP contribution in [0.1, 0.15) is 59.1 Å². The van der Waals surface area contributed by atoms with Gasteiger partial charge in [-0.15, -0.1) is 11.3 Å². The minimum absolute atomic E-state index is 0.0104. The lowest BCUT2D eigenvalue weighted by atomic mass is 9.74. The predicted octanol–water partition coefficient (Wildman–Crippen LogP) is 3.29. The van der Waals surface area contributed by atoms with E-state index in [-0.39, 0.29) is 17.9 Å². The van der Waals surface area contributed by atoms with E-state index in [1.54, 1.807) is 11.3 Å². The molecule has 0 atom stereocenters. The van der Waals surface area contributed by atoms with Crippen molar-refractivity contribution in [3.8, 4) is 0 Å². The van der Waals surface area contributed by atoms with Gasteiger partial charge in [0.05, 0.1) is 11.5 Å². The second kappa shape index (κ2) is 6.72. The maximum atomic E-state index is 12.2. The molecule has 0 aliphatic heterocycles. The number of amides is 1. The molecule has 4 heteroatoms. The molecule has 1 amide bonds. The van der Waals surface area contributed by atoms with Gasteiger partial charge in [-0.1, -0.05) is 26.2 Å². The molecule has 1 aromatic heterocycles. The van der Waals surface area contributed by atoms with Crippen molar-refractivity contribution in [2.24, 2.45) is 5.41 Å². The highest BCUT2D eigenvalue weighted by molar-refractivity contribution is 7.14. The molecule has 2 N–H and O–H groups in total. The molecular formula is C16H25NO2S. The number of rotatable bonds is 5. The third-order valence-corrected chi connectivity index (χ3v) is 5.82. The first-order chi connectivity index (χ1) is 9.60. The topological polar surface area (TPSA) is 49.3 Å². The summed E-state index contributed by atoms with van der Waals surface area (Å²) >= 11 is 1.59. The SMILES string of the molecule is CCc1sc(C(=O)NCC2(CO)CCCCC2)cc1C. The zero-order valence-electron chi connectivity index (χ0n) is 12.5. The Morgan fingerprint density at radius 1 is 1.40 bits per heavy atom. The minimum Gasteiger partial charge on any atom is -0.396 e. The van der Waals surface area contributed by atoms with Crippen LogP contribution in [0.15, 0.2) is 6.07 Å². The number of nitrogens with one attached hydrogen (secondary N) is 1. The molecule has 1 saturated carbocycles. The first-order valence-corrected chi connectivity index (χ1v) is 8.40. The van der Waals surface area contributed by atoms with E-state index < -0.39 is 0 Å². The summed E-state index contributed by atoms with van der Waals surface area (Å²) in [6.45, 7) is 4.95. The number of hydrogen-bond donors (Lipinski definition) is 2. The van der Waals surface area contributed by atoms with Crippen LogP contribution in [0.25, 0.3) is 0 Å². The lowest BCUT2D eigenvalue weighted by molar-refractivity contribution is 0.0720. The average Bonchev–Trinajstić information content (AvgIpc) is 2.87. The van der Waals surface area contributed by atoms with E-state index in [1.807, 2.05) is 6.07 Å². The van der Waals surface area contributed by atoms with E-state index in [4.69, 9.17) is 0 Å². The zero-order chi connectivity index (χ0) is 14.6. The largest absolute Gasteiger partial charge is 0.396 e. The maximum absolute atomic E-state index is 12.2. The van der Waals surface area contributed by atoms with Gasteiger partial charge in [0, 0.05) is 16.8 Å². The van der Waals surface area contributed by atoms with Crippen molar-refractivity contribution in [2.45, 2.75) is 52.4 Å². The van der Waals surface area contributed by atoms with Gasteiger partial charge in [-0.25, -0.2) is 0 Å². The van der Waals surface area contributed by atoms with Crippen LogP contribution in [0.4, 0.5) is 0 Å². The molecule has 0 spiro atoms. The van der Waals surface area contributed by atoms with Crippen LogP contribution < -0.4 is 5.32 Å².